The molecule has 0 bridgehead atoms. The average Bonchev–Trinajstić information content (AvgIpc) is 3.32. The zero-order chi connectivity index (χ0) is 26.9. The molecule has 0 radical (unpaired) electrons. The molecule has 192 valence electrons. The summed E-state index contributed by atoms with van der Waals surface area (Å²) in [6, 6.07) is 6.20. The molecule has 0 unspecified atom stereocenters. The number of sulfone groups is 1. The third kappa shape index (κ3) is 5.58. The number of nitro groups is 1. The first-order valence-corrected chi connectivity index (χ1v) is 12.9. The highest BCUT2D eigenvalue weighted by Gasteiger charge is 2.25. The van der Waals surface area contributed by atoms with Crippen LogP contribution in [0, 0.1) is 22.0 Å². The SMILES string of the molecule is CC(C)CCn1ccc(-c2cnc(F)c(-c3nnc(-c4ccc(S(C)(=O)=O)cc4[N+](=O)[O-])o3)n2)cc1=O. The van der Waals surface area contributed by atoms with Gasteiger partial charge >= 0.3 is 0 Å². The Morgan fingerprint density at radius 1 is 1.16 bits per heavy atom. The average molecular weight is 529 g/mol. The summed E-state index contributed by atoms with van der Waals surface area (Å²) in [4.78, 5) is 30.8. The molecule has 0 amide bonds. The summed E-state index contributed by atoms with van der Waals surface area (Å²) < 4.78 is 45.1. The summed E-state index contributed by atoms with van der Waals surface area (Å²) in [5.41, 5.74) is -0.854. The number of hydrogen-bond donors (Lipinski definition) is 0. The molecule has 0 aliphatic carbocycles. The van der Waals surface area contributed by atoms with E-state index in [9.17, 15) is 27.7 Å². The monoisotopic (exact) mass is 528 g/mol. The van der Waals surface area contributed by atoms with Gasteiger partial charge in [0.1, 0.15) is 5.56 Å². The van der Waals surface area contributed by atoms with Crippen LogP contribution in [-0.2, 0) is 16.4 Å². The van der Waals surface area contributed by atoms with Crippen molar-refractivity contribution in [2.24, 2.45) is 5.92 Å². The van der Waals surface area contributed by atoms with Gasteiger partial charge in [-0.15, -0.1) is 10.2 Å². The van der Waals surface area contributed by atoms with Gasteiger partial charge in [0.25, 0.3) is 23.0 Å². The lowest BCUT2D eigenvalue weighted by molar-refractivity contribution is -0.384. The van der Waals surface area contributed by atoms with Crippen LogP contribution in [0.3, 0.4) is 0 Å². The predicted octanol–water partition coefficient (Wildman–Crippen LogP) is 3.52. The normalized spacial score (nSPS) is 11.7. The Labute approximate surface area is 209 Å². The number of halogens is 1. The number of aromatic nitrogens is 5. The van der Waals surface area contributed by atoms with Gasteiger partial charge in [-0.1, -0.05) is 13.8 Å². The van der Waals surface area contributed by atoms with E-state index in [0.717, 1.165) is 37.1 Å². The Balaban J connectivity index is 1.70. The fourth-order valence-corrected chi connectivity index (χ4v) is 4.04. The van der Waals surface area contributed by atoms with Gasteiger partial charge in [-0.3, -0.25) is 14.9 Å². The first kappa shape index (κ1) is 25.8. The summed E-state index contributed by atoms with van der Waals surface area (Å²) in [5, 5.41) is 19.0. The summed E-state index contributed by atoms with van der Waals surface area (Å²) in [6.07, 6.45) is 4.51. The molecule has 12 nitrogen and oxygen atoms in total. The molecule has 0 aliphatic rings. The van der Waals surface area contributed by atoms with Crippen LogP contribution in [0.25, 0.3) is 34.3 Å². The second-order valence-corrected chi connectivity index (χ2v) is 10.7. The quantitative estimate of drug-likeness (QED) is 0.244. The van der Waals surface area contributed by atoms with Crippen molar-refractivity contribution in [3.63, 3.8) is 0 Å². The number of benzene rings is 1. The zero-order valence-electron chi connectivity index (χ0n) is 20.0. The van der Waals surface area contributed by atoms with Crippen molar-refractivity contribution < 1.29 is 22.1 Å². The van der Waals surface area contributed by atoms with Crippen molar-refractivity contribution in [2.45, 2.75) is 31.7 Å². The lowest BCUT2D eigenvalue weighted by atomic mass is 10.1. The molecule has 0 aliphatic heterocycles. The highest BCUT2D eigenvalue weighted by molar-refractivity contribution is 7.90. The zero-order valence-corrected chi connectivity index (χ0v) is 20.8. The van der Waals surface area contributed by atoms with Gasteiger partial charge in [-0.25, -0.2) is 18.4 Å². The van der Waals surface area contributed by atoms with E-state index < -0.39 is 38.0 Å². The maximum Gasteiger partial charge on any atom is 0.283 e. The molecule has 4 aromatic rings. The first-order valence-electron chi connectivity index (χ1n) is 11.0. The minimum absolute atomic E-state index is 0.161. The maximum atomic E-state index is 14.6. The molecule has 14 heteroatoms. The van der Waals surface area contributed by atoms with Crippen LogP contribution in [-0.4, -0.2) is 44.3 Å². The topological polar surface area (TPSA) is 164 Å². The lowest BCUT2D eigenvalue weighted by Gasteiger charge is -2.09. The number of nitrogens with zero attached hydrogens (tertiary/aromatic N) is 6. The Hall–Kier alpha value is -4.33. The number of hydrogen-bond acceptors (Lipinski definition) is 10. The van der Waals surface area contributed by atoms with Gasteiger partial charge in [-0.2, -0.15) is 4.39 Å². The van der Waals surface area contributed by atoms with Crippen molar-refractivity contribution in [3.05, 3.63) is 69.1 Å². The van der Waals surface area contributed by atoms with E-state index >= 15 is 0 Å². The van der Waals surface area contributed by atoms with Gasteiger partial charge < -0.3 is 8.98 Å². The molecule has 0 N–H and O–H groups in total. The van der Waals surface area contributed by atoms with E-state index in [1.807, 2.05) is 0 Å². The van der Waals surface area contributed by atoms with Crippen LogP contribution < -0.4 is 5.56 Å². The molecule has 0 atom stereocenters. The second-order valence-electron chi connectivity index (χ2n) is 8.64. The first-order chi connectivity index (χ1) is 17.4. The van der Waals surface area contributed by atoms with E-state index in [2.05, 4.69) is 34.0 Å². The third-order valence-corrected chi connectivity index (χ3v) is 6.53. The van der Waals surface area contributed by atoms with Gasteiger partial charge in [-0.05, 0) is 30.5 Å². The molecule has 0 spiro atoms. The minimum atomic E-state index is -3.71. The second kappa shape index (κ2) is 9.97. The molecular formula is C23H21FN6O6S. The largest absolute Gasteiger partial charge is 0.414 e. The van der Waals surface area contributed by atoms with Crippen LogP contribution in [0.5, 0.6) is 0 Å². The summed E-state index contributed by atoms with van der Waals surface area (Å²) in [5.74, 6) is -1.36. The Bertz CT molecular complexity index is 1660. The molecule has 4 rings (SSSR count). The van der Waals surface area contributed by atoms with E-state index in [0.29, 0.717) is 18.0 Å². The van der Waals surface area contributed by atoms with E-state index in [-0.39, 0.29) is 27.6 Å². The van der Waals surface area contributed by atoms with Crippen LogP contribution >= 0.6 is 0 Å². The smallest absolute Gasteiger partial charge is 0.283 e. The minimum Gasteiger partial charge on any atom is -0.414 e. The molecular weight excluding hydrogens is 507 g/mol. The van der Waals surface area contributed by atoms with Gasteiger partial charge in [0, 0.05) is 36.7 Å². The molecule has 3 aromatic heterocycles. The van der Waals surface area contributed by atoms with Crippen molar-refractivity contribution in [3.8, 4) is 34.3 Å². The summed E-state index contributed by atoms with van der Waals surface area (Å²) >= 11 is 0. The molecule has 0 fully saturated rings. The maximum absolute atomic E-state index is 14.6. The molecule has 37 heavy (non-hydrogen) atoms. The summed E-state index contributed by atoms with van der Waals surface area (Å²) in [6.45, 7) is 4.67. The Kier molecular flexibility index (Phi) is 6.94. The lowest BCUT2D eigenvalue weighted by Crippen LogP contribution is -2.19. The summed E-state index contributed by atoms with van der Waals surface area (Å²) in [7, 11) is -3.71. The fraction of sp³-hybridized carbons (Fsp3) is 0.261. The van der Waals surface area contributed by atoms with Crippen LogP contribution in [0.15, 0.2) is 56.8 Å². The number of pyridine rings is 1. The van der Waals surface area contributed by atoms with Gasteiger partial charge in [0.05, 0.1) is 21.7 Å². The van der Waals surface area contributed by atoms with Gasteiger partial charge in [0.15, 0.2) is 15.5 Å². The molecule has 3 heterocycles. The fourth-order valence-electron chi connectivity index (χ4n) is 3.40. The Morgan fingerprint density at radius 2 is 1.89 bits per heavy atom. The van der Waals surface area contributed by atoms with Gasteiger partial charge in [0.2, 0.25) is 5.95 Å². The van der Waals surface area contributed by atoms with Crippen molar-refractivity contribution in [1.82, 2.24) is 24.7 Å². The predicted molar refractivity (Wildman–Crippen MR) is 130 cm³/mol. The molecule has 0 saturated heterocycles. The van der Waals surface area contributed by atoms with Crippen molar-refractivity contribution in [2.75, 3.05) is 6.26 Å². The van der Waals surface area contributed by atoms with E-state index in [4.69, 9.17) is 4.42 Å². The van der Waals surface area contributed by atoms with E-state index in [1.165, 1.54) is 6.07 Å². The van der Waals surface area contributed by atoms with Crippen LogP contribution in [0.2, 0.25) is 0 Å². The standard InChI is InChI=1S/C23H21FN6O6S/c1-13(2)6-8-29-9-7-14(10-19(29)31)17-12-25-21(24)20(26-17)23-28-27-22(36-23)16-5-4-15(37(3,34)35)11-18(16)30(32)33/h4-5,7,9-13H,6,8H2,1-3H3. The molecule has 1 aromatic carbocycles. The number of nitro benzene ring substituents is 1. The van der Waals surface area contributed by atoms with Crippen LogP contribution in [0.1, 0.15) is 20.3 Å². The van der Waals surface area contributed by atoms with Crippen LogP contribution in [0.4, 0.5) is 10.1 Å². The highest BCUT2D eigenvalue weighted by Crippen LogP contribution is 2.33. The molecule has 0 saturated carbocycles. The number of aryl methyl sites for hydroxylation is 1. The van der Waals surface area contributed by atoms with Crippen molar-refractivity contribution in [1.29, 1.82) is 0 Å². The van der Waals surface area contributed by atoms with Crippen molar-refractivity contribution >= 4 is 15.5 Å². The Morgan fingerprint density at radius 3 is 2.54 bits per heavy atom. The highest BCUT2D eigenvalue weighted by atomic mass is 32.2. The number of rotatable bonds is 8. The van der Waals surface area contributed by atoms with E-state index in [1.54, 1.807) is 16.8 Å². The third-order valence-electron chi connectivity index (χ3n) is 5.42.